The fraction of sp³-hybridized carbons (Fsp3) is 0.375. The SMILES string of the molecule is COc1cccc2c1C(=O)[C@@]1(CC2)CC(=O)C=C1C. The van der Waals surface area contributed by atoms with Gasteiger partial charge in [-0.2, -0.15) is 0 Å². The van der Waals surface area contributed by atoms with E-state index < -0.39 is 5.41 Å². The predicted octanol–water partition coefficient (Wildman–Crippen LogP) is 2.73. The minimum atomic E-state index is -0.612. The molecule has 0 saturated heterocycles. The molecule has 0 radical (unpaired) electrons. The molecule has 98 valence electrons. The monoisotopic (exact) mass is 256 g/mol. The average Bonchev–Trinajstić information content (AvgIpc) is 2.69. The molecule has 0 aromatic heterocycles. The summed E-state index contributed by atoms with van der Waals surface area (Å²) in [6.45, 7) is 1.89. The van der Waals surface area contributed by atoms with Crippen molar-refractivity contribution < 1.29 is 14.3 Å². The summed E-state index contributed by atoms with van der Waals surface area (Å²) >= 11 is 0. The molecule has 0 saturated carbocycles. The maximum Gasteiger partial charge on any atom is 0.177 e. The summed E-state index contributed by atoms with van der Waals surface area (Å²) in [7, 11) is 1.58. The van der Waals surface area contributed by atoms with Gasteiger partial charge in [-0.3, -0.25) is 9.59 Å². The van der Waals surface area contributed by atoms with Gasteiger partial charge in [0.15, 0.2) is 11.6 Å². The van der Waals surface area contributed by atoms with Crippen LogP contribution in [0.2, 0.25) is 0 Å². The Bertz CT molecular complexity index is 598. The molecule has 1 atom stereocenters. The van der Waals surface area contributed by atoms with E-state index in [0.29, 0.717) is 17.7 Å². The van der Waals surface area contributed by atoms with Crippen LogP contribution in [-0.2, 0) is 11.2 Å². The summed E-state index contributed by atoms with van der Waals surface area (Å²) in [6.07, 6.45) is 3.48. The summed E-state index contributed by atoms with van der Waals surface area (Å²) < 4.78 is 5.32. The Labute approximate surface area is 112 Å². The van der Waals surface area contributed by atoms with Crippen LogP contribution in [0, 0.1) is 5.41 Å². The summed E-state index contributed by atoms with van der Waals surface area (Å²) in [4.78, 5) is 24.6. The lowest BCUT2D eigenvalue weighted by Gasteiger charge is -2.34. The number of aryl methyl sites for hydroxylation is 1. The van der Waals surface area contributed by atoms with Crippen LogP contribution in [0.25, 0.3) is 0 Å². The second kappa shape index (κ2) is 4.05. The minimum absolute atomic E-state index is 0.0470. The highest BCUT2D eigenvalue weighted by Crippen LogP contribution is 2.48. The van der Waals surface area contributed by atoms with Gasteiger partial charge in [-0.1, -0.05) is 17.7 Å². The maximum absolute atomic E-state index is 12.9. The van der Waals surface area contributed by atoms with Crippen LogP contribution in [-0.4, -0.2) is 18.7 Å². The number of hydrogen-bond donors (Lipinski definition) is 0. The zero-order chi connectivity index (χ0) is 13.6. The molecule has 0 N–H and O–H groups in total. The van der Waals surface area contributed by atoms with Gasteiger partial charge in [0.25, 0.3) is 0 Å². The molecule has 0 aliphatic heterocycles. The zero-order valence-electron chi connectivity index (χ0n) is 11.2. The van der Waals surface area contributed by atoms with E-state index in [4.69, 9.17) is 4.74 Å². The minimum Gasteiger partial charge on any atom is -0.496 e. The van der Waals surface area contributed by atoms with E-state index in [-0.39, 0.29) is 11.6 Å². The Morgan fingerprint density at radius 1 is 1.26 bits per heavy atom. The highest BCUT2D eigenvalue weighted by Gasteiger charge is 2.48. The van der Waals surface area contributed by atoms with Crippen LogP contribution in [0.3, 0.4) is 0 Å². The number of ether oxygens (including phenoxy) is 1. The van der Waals surface area contributed by atoms with Crippen LogP contribution in [0.1, 0.15) is 35.7 Å². The molecule has 3 rings (SSSR count). The molecular weight excluding hydrogens is 240 g/mol. The van der Waals surface area contributed by atoms with Gasteiger partial charge < -0.3 is 4.74 Å². The van der Waals surface area contributed by atoms with Crippen LogP contribution >= 0.6 is 0 Å². The third kappa shape index (κ3) is 1.57. The Hall–Kier alpha value is -1.90. The van der Waals surface area contributed by atoms with Crippen LogP contribution < -0.4 is 4.74 Å². The van der Waals surface area contributed by atoms with Gasteiger partial charge in [0.1, 0.15) is 5.75 Å². The van der Waals surface area contributed by atoms with Crippen LogP contribution in [0.5, 0.6) is 5.75 Å². The number of carbonyl (C=O) groups is 2. The van der Waals surface area contributed by atoms with Crippen molar-refractivity contribution >= 4 is 11.6 Å². The average molecular weight is 256 g/mol. The smallest absolute Gasteiger partial charge is 0.177 e. The first kappa shape index (κ1) is 12.2. The van der Waals surface area contributed by atoms with E-state index in [0.717, 1.165) is 24.0 Å². The summed E-state index contributed by atoms with van der Waals surface area (Å²) in [5, 5.41) is 0. The molecular formula is C16H16O3. The van der Waals surface area contributed by atoms with Crippen molar-refractivity contribution in [1.29, 1.82) is 0 Å². The first-order chi connectivity index (χ1) is 9.08. The maximum atomic E-state index is 12.9. The highest BCUT2D eigenvalue weighted by molar-refractivity contribution is 6.12. The quantitative estimate of drug-likeness (QED) is 0.776. The molecule has 0 bridgehead atoms. The van der Waals surface area contributed by atoms with E-state index in [2.05, 4.69) is 0 Å². The van der Waals surface area contributed by atoms with Crippen molar-refractivity contribution in [3.63, 3.8) is 0 Å². The first-order valence-electron chi connectivity index (χ1n) is 6.51. The lowest BCUT2D eigenvalue weighted by molar-refractivity contribution is -0.115. The Balaban J connectivity index is 2.15. The van der Waals surface area contributed by atoms with E-state index >= 15 is 0 Å². The van der Waals surface area contributed by atoms with Crippen molar-refractivity contribution in [3.8, 4) is 5.75 Å². The number of Topliss-reactive ketones (excluding diaryl/α,β-unsaturated/α-hetero) is 1. The fourth-order valence-corrected chi connectivity index (χ4v) is 3.33. The van der Waals surface area contributed by atoms with Gasteiger partial charge in [-0.25, -0.2) is 0 Å². The van der Waals surface area contributed by atoms with Crippen molar-refractivity contribution in [2.45, 2.75) is 26.2 Å². The van der Waals surface area contributed by atoms with E-state index in [1.165, 1.54) is 0 Å². The molecule has 2 aliphatic rings. The largest absolute Gasteiger partial charge is 0.496 e. The number of benzene rings is 1. The third-order valence-corrected chi connectivity index (χ3v) is 4.42. The second-order valence-corrected chi connectivity index (χ2v) is 5.38. The molecule has 2 aliphatic carbocycles. The standard InChI is InChI=1S/C16H16O3/c1-10-8-12(17)9-16(10)7-6-11-4-3-5-13(19-2)14(11)15(16)18/h3-5,8H,6-7,9H2,1-2H3/t16-/m0/s1. The first-order valence-corrected chi connectivity index (χ1v) is 6.51. The van der Waals surface area contributed by atoms with Gasteiger partial charge in [0.05, 0.1) is 18.1 Å². The van der Waals surface area contributed by atoms with Gasteiger partial charge >= 0.3 is 0 Å². The molecule has 0 heterocycles. The van der Waals surface area contributed by atoms with Gasteiger partial charge in [0.2, 0.25) is 0 Å². The van der Waals surface area contributed by atoms with E-state index in [9.17, 15) is 9.59 Å². The molecule has 1 aromatic rings. The van der Waals surface area contributed by atoms with E-state index in [1.807, 2.05) is 25.1 Å². The number of allylic oxidation sites excluding steroid dienone is 2. The third-order valence-electron chi connectivity index (χ3n) is 4.42. The van der Waals surface area contributed by atoms with E-state index in [1.54, 1.807) is 13.2 Å². The van der Waals surface area contributed by atoms with Crippen LogP contribution in [0.15, 0.2) is 29.8 Å². The van der Waals surface area contributed by atoms with Crippen molar-refractivity contribution in [3.05, 3.63) is 41.0 Å². The number of carbonyl (C=O) groups excluding carboxylic acids is 2. The molecule has 1 spiro atoms. The Morgan fingerprint density at radius 2 is 2.05 bits per heavy atom. The molecule has 0 unspecified atom stereocenters. The molecule has 0 amide bonds. The van der Waals surface area contributed by atoms with Crippen molar-refractivity contribution in [2.24, 2.45) is 5.41 Å². The lowest BCUT2D eigenvalue weighted by Crippen LogP contribution is -2.36. The topological polar surface area (TPSA) is 43.4 Å². The van der Waals surface area contributed by atoms with Crippen molar-refractivity contribution in [1.82, 2.24) is 0 Å². The number of rotatable bonds is 1. The van der Waals surface area contributed by atoms with Crippen molar-refractivity contribution in [2.75, 3.05) is 7.11 Å². The lowest BCUT2D eigenvalue weighted by atomic mass is 9.67. The zero-order valence-corrected chi connectivity index (χ0v) is 11.2. The summed E-state index contributed by atoms with van der Waals surface area (Å²) in [5.74, 6) is 0.726. The summed E-state index contributed by atoms with van der Waals surface area (Å²) in [5.41, 5.74) is 1.98. The van der Waals surface area contributed by atoms with Gasteiger partial charge in [-0.05, 0) is 37.5 Å². The van der Waals surface area contributed by atoms with Gasteiger partial charge in [-0.15, -0.1) is 0 Å². The number of methoxy groups -OCH3 is 1. The normalized spacial score (nSPS) is 25.5. The number of fused-ring (bicyclic) bond motifs is 1. The van der Waals surface area contributed by atoms with Crippen LogP contribution in [0.4, 0.5) is 0 Å². The predicted molar refractivity (Wildman–Crippen MR) is 71.5 cm³/mol. The Morgan fingerprint density at radius 3 is 2.68 bits per heavy atom. The molecule has 19 heavy (non-hydrogen) atoms. The highest BCUT2D eigenvalue weighted by atomic mass is 16.5. The molecule has 3 nitrogen and oxygen atoms in total. The summed E-state index contributed by atoms with van der Waals surface area (Å²) in [6, 6.07) is 5.69. The van der Waals surface area contributed by atoms with Gasteiger partial charge in [0, 0.05) is 6.42 Å². The number of ketones is 2. The Kier molecular flexibility index (Phi) is 2.59. The molecule has 1 aromatic carbocycles. The second-order valence-electron chi connectivity index (χ2n) is 5.38. The molecule has 0 fully saturated rings. The molecule has 3 heteroatoms. The number of hydrogen-bond acceptors (Lipinski definition) is 3. The fourth-order valence-electron chi connectivity index (χ4n) is 3.33.